The number of anilines is 1. The highest BCUT2D eigenvalue weighted by Crippen LogP contribution is 2.44. The second kappa shape index (κ2) is 4.73. The highest BCUT2D eigenvalue weighted by Gasteiger charge is 2.34. The van der Waals surface area contributed by atoms with Crippen LogP contribution >= 0.6 is 0 Å². The minimum atomic E-state index is -0.367. The van der Waals surface area contributed by atoms with Crippen molar-refractivity contribution in [3.63, 3.8) is 0 Å². The third-order valence-corrected chi connectivity index (χ3v) is 4.85. The predicted octanol–water partition coefficient (Wildman–Crippen LogP) is 2.74. The van der Waals surface area contributed by atoms with Crippen molar-refractivity contribution in [1.29, 1.82) is 0 Å². The van der Waals surface area contributed by atoms with E-state index in [1.165, 1.54) is 11.1 Å². The van der Waals surface area contributed by atoms with E-state index in [9.17, 15) is 5.11 Å². The van der Waals surface area contributed by atoms with Crippen molar-refractivity contribution in [3.8, 4) is 0 Å². The summed E-state index contributed by atoms with van der Waals surface area (Å²) in [5.74, 6) is 0.996. The fourth-order valence-electron chi connectivity index (χ4n) is 3.73. The molecule has 1 aromatic carbocycles. The van der Waals surface area contributed by atoms with Gasteiger partial charge in [0.25, 0.3) is 0 Å². The maximum Gasteiger partial charge on any atom is 0.131 e. The van der Waals surface area contributed by atoms with Crippen molar-refractivity contribution >= 4 is 22.3 Å². The van der Waals surface area contributed by atoms with Crippen LogP contribution in [0.3, 0.4) is 0 Å². The summed E-state index contributed by atoms with van der Waals surface area (Å²) in [4.78, 5) is 0. The Morgan fingerprint density at radius 2 is 2.26 bits per heavy atom. The van der Waals surface area contributed by atoms with Gasteiger partial charge in [0, 0.05) is 23.1 Å². The molecular formula is C18H17N3O2. The third-order valence-electron chi connectivity index (χ3n) is 4.85. The Bertz CT molecular complexity index is 891. The van der Waals surface area contributed by atoms with E-state index >= 15 is 0 Å². The van der Waals surface area contributed by atoms with E-state index < -0.39 is 0 Å². The normalized spacial score (nSPS) is 25.7. The first-order valence-electron chi connectivity index (χ1n) is 7.96. The predicted molar refractivity (Wildman–Crippen MR) is 88.8 cm³/mol. The first-order valence-corrected chi connectivity index (χ1v) is 7.96. The van der Waals surface area contributed by atoms with Gasteiger partial charge >= 0.3 is 0 Å². The molecule has 0 saturated heterocycles. The topological polar surface area (TPSA) is 70.2 Å². The standard InChI is InChI=1S/C18H17N3O2/c22-11-3-1-10(2-4-11)17-12-7-8-23-18(12)16-13-9-19-21-14(13)5-6-15(16)20-17/h1-3,5-6,9,11,17,20,22H,4,7-8H2,(H,19,21). The van der Waals surface area contributed by atoms with Crippen LogP contribution in [0, 0.1) is 0 Å². The molecule has 1 aliphatic carbocycles. The molecule has 0 spiro atoms. The SMILES string of the molecule is OC1C=CC(C2Nc3ccc4[nH]ncc4c3C3=C2CCO3)=CC1. The summed E-state index contributed by atoms with van der Waals surface area (Å²) < 4.78 is 6.00. The lowest BCUT2D eigenvalue weighted by Crippen LogP contribution is -2.28. The molecule has 5 heteroatoms. The summed E-state index contributed by atoms with van der Waals surface area (Å²) in [6.45, 7) is 0.718. The van der Waals surface area contributed by atoms with E-state index in [0.717, 1.165) is 40.9 Å². The first-order chi connectivity index (χ1) is 11.3. The lowest BCUT2D eigenvalue weighted by molar-refractivity contribution is 0.225. The van der Waals surface area contributed by atoms with Gasteiger partial charge in [0.15, 0.2) is 0 Å². The summed E-state index contributed by atoms with van der Waals surface area (Å²) in [5, 5.41) is 21.6. The maximum absolute atomic E-state index is 9.67. The summed E-state index contributed by atoms with van der Waals surface area (Å²) in [5.41, 5.74) is 5.70. The van der Waals surface area contributed by atoms with Crippen LogP contribution < -0.4 is 5.32 Å². The molecule has 2 aliphatic heterocycles. The van der Waals surface area contributed by atoms with Gasteiger partial charge in [-0.3, -0.25) is 5.10 Å². The molecule has 116 valence electrons. The van der Waals surface area contributed by atoms with Gasteiger partial charge in [-0.1, -0.05) is 18.2 Å². The lowest BCUT2D eigenvalue weighted by atomic mass is 9.87. The molecule has 3 heterocycles. The number of aromatic amines is 1. The van der Waals surface area contributed by atoms with Gasteiger partial charge in [-0.25, -0.2) is 0 Å². The van der Waals surface area contributed by atoms with Crippen molar-refractivity contribution in [2.45, 2.75) is 25.0 Å². The largest absolute Gasteiger partial charge is 0.492 e. The van der Waals surface area contributed by atoms with Gasteiger partial charge in [-0.05, 0) is 24.1 Å². The highest BCUT2D eigenvalue weighted by molar-refractivity contribution is 5.98. The van der Waals surface area contributed by atoms with Crippen LogP contribution in [-0.4, -0.2) is 34.1 Å². The zero-order valence-electron chi connectivity index (χ0n) is 12.5. The molecule has 23 heavy (non-hydrogen) atoms. The minimum Gasteiger partial charge on any atom is -0.492 e. The van der Waals surface area contributed by atoms with E-state index in [0.29, 0.717) is 6.42 Å². The van der Waals surface area contributed by atoms with E-state index in [1.807, 2.05) is 24.4 Å². The quantitative estimate of drug-likeness (QED) is 0.757. The summed E-state index contributed by atoms with van der Waals surface area (Å²) >= 11 is 0. The second-order valence-corrected chi connectivity index (χ2v) is 6.22. The van der Waals surface area contributed by atoms with Crippen LogP contribution in [0.25, 0.3) is 16.7 Å². The number of aliphatic hydroxyl groups is 1. The Hall–Kier alpha value is -2.53. The number of nitrogens with one attached hydrogen (secondary N) is 2. The number of hydrogen-bond acceptors (Lipinski definition) is 4. The average Bonchev–Trinajstić information content (AvgIpc) is 3.23. The van der Waals surface area contributed by atoms with Crippen LogP contribution in [-0.2, 0) is 4.74 Å². The van der Waals surface area contributed by atoms with Gasteiger partial charge in [-0.2, -0.15) is 5.10 Å². The summed E-state index contributed by atoms with van der Waals surface area (Å²) in [6, 6.07) is 4.24. The van der Waals surface area contributed by atoms with E-state index in [4.69, 9.17) is 4.74 Å². The number of aromatic nitrogens is 2. The fraction of sp³-hybridized carbons (Fsp3) is 0.278. The van der Waals surface area contributed by atoms with Crippen LogP contribution in [0.5, 0.6) is 0 Å². The summed E-state index contributed by atoms with van der Waals surface area (Å²) in [7, 11) is 0. The number of aliphatic hydroxyl groups excluding tert-OH is 1. The molecule has 2 unspecified atom stereocenters. The molecule has 0 fully saturated rings. The summed E-state index contributed by atoms with van der Waals surface area (Å²) in [6.07, 6.45) is 9.09. The number of H-pyrrole nitrogens is 1. The molecule has 2 atom stereocenters. The molecule has 5 rings (SSSR count). The zero-order chi connectivity index (χ0) is 15.4. The number of rotatable bonds is 1. The Morgan fingerprint density at radius 1 is 1.30 bits per heavy atom. The molecule has 0 bridgehead atoms. The fourth-order valence-corrected chi connectivity index (χ4v) is 3.73. The smallest absolute Gasteiger partial charge is 0.131 e. The molecule has 0 amide bonds. The van der Waals surface area contributed by atoms with Crippen LogP contribution in [0.2, 0.25) is 0 Å². The Balaban J connectivity index is 1.67. The number of nitrogens with zero attached hydrogens (tertiary/aromatic N) is 1. The minimum absolute atomic E-state index is 0.119. The Morgan fingerprint density at radius 3 is 3.13 bits per heavy atom. The molecular weight excluding hydrogens is 290 g/mol. The molecule has 0 saturated carbocycles. The highest BCUT2D eigenvalue weighted by atomic mass is 16.5. The maximum atomic E-state index is 9.67. The molecule has 3 N–H and O–H groups in total. The first kappa shape index (κ1) is 13.0. The van der Waals surface area contributed by atoms with Crippen LogP contribution in [0.1, 0.15) is 18.4 Å². The number of fused-ring (bicyclic) bond motifs is 4. The van der Waals surface area contributed by atoms with Crippen molar-refractivity contribution in [2.24, 2.45) is 0 Å². The van der Waals surface area contributed by atoms with E-state index in [-0.39, 0.29) is 12.1 Å². The Labute approximate surface area is 133 Å². The van der Waals surface area contributed by atoms with Crippen molar-refractivity contribution in [3.05, 3.63) is 53.3 Å². The Kier molecular flexibility index (Phi) is 2.67. The number of hydrogen-bond donors (Lipinski definition) is 3. The van der Waals surface area contributed by atoms with Gasteiger partial charge in [0.1, 0.15) is 5.76 Å². The lowest BCUT2D eigenvalue weighted by Gasteiger charge is -2.30. The second-order valence-electron chi connectivity index (χ2n) is 6.22. The van der Waals surface area contributed by atoms with Gasteiger partial charge in [0.05, 0.1) is 36.0 Å². The third kappa shape index (κ3) is 1.86. The van der Waals surface area contributed by atoms with E-state index in [1.54, 1.807) is 0 Å². The van der Waals surface area contributed by atoms with E-state index in [2.05, 4.69) is 27.7 Å². The van der Waals surface area contributed by atoms with Gasteiger partial charge < -0.3 is 15.2 Å². The average molecular weight is 307 g/mol. The van der Waals surface area contributed by atoms with Crippen molar-refractivity contribution in [2.75, 3.05) is 11.9 Å². The molecule has 3 aliphatic rings. The number of benzene rings is 1. The van der Waals surface area contributed by atoms with Crippen molar-refractivity contribution < 1.29 is 9.84 Å². The van der Waals surface area contributed by atoms with Crippen LogP contribution in [0.15, 0.2) is 47.7 Å². The molecule has 1 aromatic heterocycles. The number of ether oxygens (including phenoxy) is 1. The van der Waals surface area contributed by atoms with Crippen LogP contribution in [0.4, 0.5) is 5.69 Å². The molecule has 0 radical (unpaired) electrons. The molecule has 2 aromatic rings. The van der Waals surface area contributed by atoms with Gasteiger partial charge in [-0.15, -0.1) is 0 Å². The van der Waals surface area contributed by atoms with Gasteiger partial charge in [0.2, 0.25) is 0 Å². The van der Waals surface area contributed by atoms with Crippen molar-refractivity contribution in [1.82, 2.24) is 10.2 Å². The zero-order valence-corrected chi connectivity index (χ0v) is 12.5. The monoisotopic (exact) mass is 307 g/mol. The molecule has 5 nitrogen and oxygen atoms in total.